The summed E-state index contributed by atoms with van der Waals surface area (Å²) in [5.74, 6) is -3.68. The Labute approximate surface area is 207 Å². The molecule has 11 heteroatoms. The van der Waals surface area contributed by atoms with Gasteiger partial charge in [-0.05, 0) is 73.8 Å². The first-order valence-electron chi connectivity index (χ1n) is 10.8. The third-order valence-electron chi connectivity index (χ3n) is 5.25. The molecule has 10 nitrogen and oxygen atoms in total. The van der Waals surface area contributed by atoms with Crippen molar-refractivity contribution in [1.82, 2.24) is 4.90 Å². The number of carbonyl (C=O) groups is 4. The van der Waals surface area contributed by atoms with Gasteiger partial charge in [0, 0.05) is 22.9 Å². The largest absolute Gasteiger partial charge is 0.473 e. The van der Waals surface area contributed by atoms with E-state index in [-0.39, 0.29) is 5.91 Å². The maximum Gasteiger partial charge on any atom is 0.414 e. The number of hydrogen-bond acceptors (Lipinski definition) is 6. The summed E-state index contributed by atoms with van der Waals surface area (Å²) in [7, 11) is 0. The maximum atomic E-state index is 12.3. The van der Waals surface area contributed by atoms with Crippen molar-refractivity contribution in [2.24, 2.45) is 11.7 Å². The van der Waals surface area contributed by atoms with Crippen LogP contribution in [0.2, 0.25) is 5.02 Å². The van der Waals surface area contributed by atoms with E-state index < -0.39 is 17.8 Å². The summed E-state index contributed by atoms with van der Waals surface area (Å²) in [6.07, 6.45) is 2.03. The van der Waals surface area contributed by atoms with Gasteiger partial charge in [-0.25, -0.2) is 9.59 Å². The summed E-state index contributed by atoms with van der Waals surface area (Å²) in [5.41, 5.74) is 7.41. The van der Waals surface area contributed by atoms with Gasteiger partial charge in [-0.2, -0.15) is 0 Å². The quantitative estimate of drug-likeness (QED) is 0.398. The molecular weight excluding hydrogens is 478 g/mol. The number of carbonyl (C=O) groups excluding carboxylic acids is 2. The van der Waals surface area contributed by atoms with Crippen LogP contribution in [0.15, 0.2) is 48.5 Å². The van der Waals surface area contributed by atoms with Crippen molar-refractivity contribution in [3.63, 3.8) is 0 Å². The molecule has 3 rings (SSSR count). The number of hydrogen-bond donors (Lipinski definition) is 4. The second kappa shape index (κ2) is 14.1. The Morgan fingerprint density at radius 3 is 2.06 bits per heavy atom. The van der Waals surface area contributed by atoms with Crippen LogP contribution in [0.4, 0.5) is 5.69 Å². The van der Waals surface area contributed by atoms with Crippen LogP contribution in [-0.4, -0.2) is 65.1 Å². The molecule has 0 spiro atoms. The highest BCUT2D eigenvalue weighted by atomic mass is 35.5. The Balaban J connectivity index is 0.000000641. The summed E-state index contributed by atoms with van der Waals surface area (Å²) in [6.45, 7) is 3.44. The summed E-state index contributed by atoms with van der Waals surface area (Å²) in [4.78, 5) is 43.7. The Bertz CT molecular complexity index is 993. The van der Waals surface area contributed by atoms with Crippen LogP contribution in [0.25, 0.3) is 0 Å². The highest BCUT2D eigenvalue weighted by Gasteiger charge is 2.21. The molecule has 0 aromatic heterocycles. The first kappa shape index (κ1) is 27.8. The summed E-state index contributed by atoms with van der Waals surface area (Å²) < 4.78 is 5.85. The number of nitrogens with one attached hydrogen (secondary N) is 1. The van der Waals surface area contributed by atoms with Gasteiger partial charge in [0.25, 0.3) is 0 Å². The van der Waals surface area contributed by atoms with Gasteiger partial charge >= 0.3 is 11.9 Å². The number of nitrogens with zero attached hydrogens (tertiary/aromatic N) is 1. The number of ether oxygens (including phenoxy) is 1. The number of anilines is 1. The zero-order valence-electron chi connectivity index (χ0n) is 19.0. The molecule has 2 aromatic rings. The molecular formula is C24H28ClN3O7. The van der Waals surface area contributed by atoms with Crippen LogP contribution in [-0.2, 0) is 25.7 Å². The lowest BCUT2D eigenvalue weighted by molar-refractivity contribution is -0.159. The Kier molecular flexibility index (Phi) is 11.1. The average molecular weight is 506 g/mol. The number of carboxylic acids is 2. The van der Waals surface area contributed by atoms with Gasteiger partial charge in [-0.1, -0.05) is 23.7 Å². The monoisotopic (exact) mass is 505 g/mol. The highest BCUT2D eigenvalue weighted by molar-refractivity contribution is 6.30. The lowest BCUT2D eigenvalue weighted by Gasteiger charge is -2.31. The minimum Gasteiger partial charge on any atom is -0.473 e. The second-order valence-corrected chi connectivity index (χ2v) is 8.40. The lowest BCUT2D eigenvalue weighted by Crippen LogP contribution is -2.40. The fourth-order valence-electron chi connectivity index (χ4n) is 3.36. The Morgan fingerprint density at radius 2 is 1.54 bits per heavy atom. The molecule has 0 aliphatic carbocycles. The number of amides is 2. The zero-order valence-corrected chi connectivity index (χ0v) is 19.7. The summed E-state index contributed by atoms with van der Waals surface area (Å²) in [5, 5.41) is 18.4. The predicted octanol–water partition coefficient (Wildman–Crippen LogP) is 2.46. The van der Waals surface area contributed by atoms with Crippen molar-refractivity contribution in [3.8, 4) is 0 Å². The molecule has 0 radical (unpaired) electrons. The Hall–Kier alpha value is -3.47. The number of rotatable bonds is 8. The molecule has 35 heavy (non-hydrogen) atoms. The van der Waals surface area contributed by atoms with Crippen molar-refractivity contribution < 1.29 is 34.1 Å². The predicted molar refractivity (Wildman–Crippen MR) is 129 cm³/mol. The van der Waals surface area contributed by atoms with Crippen molar-refractivity contribution in [3.05, 3.63) is 64.7 Å². The summed E-state index contributed by atoms with van der Waals surface area (Å²) in [6, 6.07) is 14.3. The molecule has 2 amide bonds. The van der Waals surface area contributed by atoms with E-state index in [1.807, 2.05) is 24.3 Å². The van der Waals surface area contributed by atoms with Gasteiger partial charge in [-0.3, -0.25) is 14.5 Å². The molecule has 0 atom stereocenters. The molecule has 1 aliphatic rings. The maximum absolute atomic E-state index is 12.3. The van der Waals surface area contributed by atoms with Gasteiger partial charge in [-0.15, -0.1) is 0 Å². The van der Waals surface area contributed by atoms with Crippen LogP contribution in [0.3, 0.4) is 0 Å². The lowest BCUT2D eigenvalue weighted by atomic mass is 9.98. The standard InChI is InChI=1S/C22H26ClN3O3.C2H2O4/c23-19-5-1-16(2-6-19)14-29-15-17-9-11-26(12-10-17)13-21(27)25-20-7-3-18(4-8-20)22(24)28;3-1(4)2(5)6/h1-8,17H,9-15H2,(H2,24,28)(H,25,27);(H,3,4)(H,5,6). The van der Waals surface area contributed by atoms with Crippen LogP contribution >= 0.6 is 11.6 Å². The van der Waals surface area contributed by atoms with E-state index in [2.05, 4.69) is 10.2 Å². The van der Waals surface area contributed by atoms with E-state index >= 15 is 0 Å². The number of benzene rings is 2. The molecule has 1 saturated heterocycles. The second-order valence-electron chi connectivity index (χ2n) is 7.96. The van der Waals surface area contributed by atoms with Crippen molar-refractivity contribution in [1.29, 1.82) is 0 Å². The fourth-order valence-corrected chi connectivity index (χ4v) is 3.48. The SMILES string of the molecule is NC(=O)c1ccc(NC(=O)CN2CCC(COCc3ccc(Cl)cc3)CC2)cc1.O=C(O)C(=O)O. The smallest absolute Gasteiger partial charge is 0.414 e. The van der Waals surface area contributed by atoms with Crippen LogP contribution in [0.1, 0.15) is 28.8 Å². The van der Waals surface area contributed by atoms with E-state index in [0.29, 0.717) is 30.3 Å². The molecule has 0 unspecified atom stereocenters. The topological polar surface area (TPSA) is 159 Å². The number of primary amides is 1. The van der Waals surface area contributed by atoms with E-state index in [0.717, 1.165) is 43.1 Å². The van der Waals surface area contributed by atoms with E-state index in [9.17, 15) is 9.59 Å². The minimum atomic E-state index is -1.82. The molecule has 0 bridgehead atoms. The van der Waals surface area contributed by atoms with Crippen LogP contribution in [0.5, 0.6) is 0 Å². The number of piperidine rings is 1. The molecule has 5 N–H and O–H groups in total. The molecule has 188 valence electrons. The van der Waals surface area contributed by atoms with Crippen molar-refractivity contribution in [2.45, 2.75) is 19.4 Å². The average Bonchev–Trinajstić information content (AvgIpc) is 2.82. The Morgan fingerprint density at radius 1 is 0.971 bits per heavy atom. The van der Waals surface area contributed by atoms with Crippen molar-refractivity contribution in [2.75, 3.05) is 31.6 Å². The number of aliphatic carboxylic acids is 2. The van der Waals surface area contributed by atoms with Crippen molar-refractivity contribution >= 4 is 41.0 Å². The third-order valence-corrected chi connectivity index (χ3v) is 5.50. The zero-order chi connectivity index (χ0) is 25.8. The number of halogens is 1. The molecule has 1 fully saturated rings. The minimum absolute atomic E-state index is 0.0609. The normalized spacial score (nSPS) is 13.9. The number of likely N-dealkylation sites (tertiary alicyclic amines) is 1. The van der Waals surface area contributed by atoms with E-state index in [1.54, 1.807) is 24.3 Å². The number of carboxylic acid groups (broad SMARTS) is 2. The van der Waals surface area contributed by atoms with Gasteiger partial charge in [0.15, 0.2) is 0 Å². The molecule has 1 aliphatic heterocycles. The van der Waals surface area contributed by atoms with Gasteiger partial charge < -0.3 is 26.0 Å². The van der Waals surface area contributed by atoms with Gasteiger partial charge in [0.2, 0.25) is 11.8 Å². The number of nitrogens with two attached hydrogens (primary N) is 1. The third kappa shape index (κ3) is 10.6. The summed E-state index contributed by atoms with van der Waals surface area (Å²) >= 11 is 5.89. The van der Waals surface area contributed by atoms with E-state index in [1.165, 1.54) is 0 Å². The first-order chi connectivity index (χ1) is 16.6. The van der Waals surface area contributed by atoms with E-state index in [4.69, 9.17) is 41.9 Å². The first-order valence-corrected chi connectivity index (χ1v) is 11.2. The van der Waals surface area contributed by atoms with Crippen LogP contribution < -0.4 is 11.1 Å². The van der Waals surface area contributed by atoms with Gasteiger partial charge in [0.1, 0.15) is 0 Å². The highest BCUT2D eigenvalue weighted by Crippen LogP contribution is 2.19. The van der Waals surface area contributed by atoms with Crippen LogP contribution in [0, 0.1) is 5.92 Å². The molecule has 2 aromatic carbocycles. The fraction of sp³-hybridized carbons (Fsp3) is 0.333. The van der Waals surface area contributed by atoms with Gasteiger partial charge in [0.05, 0.1) is 13.2 Å². The molecule has 1 heterocycles. The molecule has 0 saturated carbocycles.